The number of hydrogen-bond donors (Lipinski definition) is 0. The molecule has 1 unspecified atom stereocenters. The lowest BCUT2D eigenvalue weighted by Gasteiger charge is -2.29. The summed E-state index contributed by atoms with van der Waals surface area (Å²) in [6.45, 7) is 2.99. The van der Waals surface area contributed by atoms with E-state index < -0.39 is 0 Å². The van der Waals surface area contributed by atoms with Crippen LogP contribution < -0.4 is 4.90 Å². The van der Waals surface area contributed by atoms with Crippen molar-refractivity contribution in [2.45, 2.75) is 38.6 Å². The van der Waals surface area contributed by atoms with E-state index >= 15 is 0 Å². The summed E-state index contributed by atoms with van der Waals surface area (Å²) in [5, 5.41) is 0. The molecule has 3 nitrogen and oxygen atoms in total. The standard InChI is InChI=1S/C12H18ClN3/c1-10-14-7-6-12(15-10)16-8-4-2-3-5-11(16)9-13/h6-7,11H,2-5,8-9H2,1H3. The van der Waals surface area contributed by atoms with Gasteiger partial charge >= 0.3 is 0 Å². The average Bonchev–Trinajstić information content (AvgIpc) is 2.53. The smallest absolute Gasteiger partial charge is 0.132 e. The number of anilines is 1. The van der Waals surface area contributed by atoms with E-state index in [1.165, 1.54) is 25.7 Å². The van der Waals surface area contributed by atoms with Crippen molar-refractivity contribution in [3.8, 4) is 0 Å². The Morgan fingerprint density at radius 1 is 1.44 bits per heavy atom. The molecule has 0 aromatic carbocycles. The van der Waals surface area contributed by atoms with E-state index in [9.17, 15) is 0 Å². The molecule has 0 bridgehead atoms. The summed E-state index contributed by atoms with van der Waals surface area (Å²) in [6, 6.07) is 2.41. The molecule has 0 N–H and O–H groups in total. The Morgan fingerprint density at radius 2 is 2.31 bits per heavy atom. The van der Waals surface area contributed by atoms with Crippen LogP contribution in [-0.2, 0) is 0 Å². The van der Waals surface area contributed by atoms with Gasteiger partial charge in [-0.25, -0.2) is 9.97 Å². The highest BCUT2D eigenvalue weighted by Gasteiger charge is 2.21. The molecule has 1 aromatic rings. The van der Waals surface area contributed by atoms with Crippen molar-refractivity contribution in [1.29, 1.82) is 0 Å². The monoisotopic (exact) mass is 239 g/mol. The third kappa shape index (κ3) is 2.64. The zero-order chi connectivity index (χ0) is 11.4. The minimum absolute atomic E-state index is 0.429. The first-order chi connectivity index (χ1) is 7.81. The fourth-order valence-corrected chi connectivity index (χ4v) is 2.56. The Hall–Kier alpha value is -0.830. The summed E-state index contributed by atoms with van der Waals surface area (Å²) < 4.78 is 0. The highest BCUT2D eigenvalue weighted by atomic mass is 35.5. The first-order valence-corrected chi connectivity index (χ1v) is 6.47. The number of hydrogen-bond acceptors (Lipinski definition) is 3. The van der Waals surface area contributed by atoms with Gasteiger partial charge in [0.15, 0.2) is 0 Å². The maximum absolute atomic E-state index is 6.05. The van der Waals surface area contributed by atoms with Crippen LogP contribution in [0.4, 0.5) is 5.82 Å². The number of rotatable bonds is 2. The Kier molecular flexibility index (Phi) is 3.99. The predicted octanol–water partition coefficient (Wildman–Crippen LogP) is 2.77. The molecular weight excluding hydrogens is 222 g/mol. The Morgan fingerprint density at radius 3 is 3.06 bits per heavy atom. The molecular formula is C12H18ClN3. The van der Waals surface area contributed by atoms with E-state index in [1.807, 2.05) is 19.2 Å². The third-order valence-corrected chi connectivity index (χ3v) is 3.47. The lowest BCUT2D eigenvalue weighted by molar-refractivity contribution is 0.615. The fraction of sp³-hybridized carbons (Fsp3) is 0.667. The average molecular weight is 240 g/mol. The molecule has 1 aliphatic rings. The highest BCUT2D eigenvalue weighted by Crippen LogP contribution is 2.23. The summed E-state index contributed by atoms with van der Waals surface area (Å²) >= 11 is 6.05. The second-order valence-electron chi connectivity index (χ2n) is 4.31. The van der Waals surface area contributed by atoms with Gasteiger partial charge in [-0.2, -0.15) is 0 Å². The molecule has 0 saturated carbocycles. The van der Waals surface area contributed by atoms with Crippen molar-refractivity contribution in [2.24, 2.45) is 0 Å². The molecule has 0 radical (unpaired) electrons. The summed E-state index contributed by atoms with van der Waals surface area (Å²) in [7, 11) is 0. The number of halogens is 1. The SMILES string of the molecule is Cc1nccc(N2CCCCCC2CCl)n1. The van der Waals surface area contributed by atoms with E-state index in [-0.39, 0.29) is 0 Å². The summed E-state index contributed by atoms with van der Waals surface area (Å²) in [5.41, 5.74) is 0. The van der Waals surface area contributed by atoms with Gasteiger partial charge in [-0.3, -0.25) is 0 Å². The van der Waals surface area contributed by atoms with Gasteiger partial charge in [0.25, 0.3) is 0 Å². The molecule has 88 valence electrons. The van der Waals surface area contributed by atoms with Crippen LogP contribution in [0.25, 0.3) is 0 Å². The first-order valence-electron chi connectivity index (χ1n) is 5.93. The molecule has 0 amide bonds. The quantitative estimate of drug-likeness (QED) is 0.744. The van der Waals surface area contributed by atoms with Crippen LogP contribution in [-0.4, -0.2) is 28.4 Å². The van der Waals surface area contributed by atoms with Gasteiger partial charge in [0, 0.05) is 24.7 Å². The van der Waals surface area contributed by atoms with Gasteiger partial charge in [-0.05, 0) is 25.8 Å². The van der Waals surface area contributed by atoms with E-state index in [1.54, 1.807) is 0 Å². The van der Waals surface area contributed by atoms with Crippen molar-refractivity contribution in [1.82, 2.24) is 9.97 Å². The van der Waals surface area contributed by atoms with Gasteiger partial charge in [-0.15, -0.1) is 11.6 Å². The van der Waals surface area contributed by atoms with E-state index in [4.69, 9.17) is 11.6 Å². The second kappa shape index (κ2) is 5.48. The topological polar surface area (TPSA) is 29.0 Å². The minimum atomic E-state index is 0.429. The highest BCUT2D eigenvalue weighted by molar-refractivity contribution is 6.18. The summed E-state index contributed by atoms with van der Waals surface area (Å²) in [5.74, 6) is 2.54. The van der Waals surface area contributed by atoms with Gasteiger partial charge in [-0.1, -0.05) is 12.8 Å². The molecule has 1 aromatic heterocycles. The maximum atomic E-state index is 6.05. The van der Waals surface area contributed by atoms with Crippen molar-refractivity contribution in [3.63, 3.8) is 0 Å². The molecule has 1 fully saturated rings. The normalized spacial score (nSPS) is 21.9. The van der Waals surface area contributed by atoms with E-state index in [2.05, 4.69) is 14.9 Å². The van der Waals surface area contributed by atoms with Crippen molar-refractivity contribution >= 4 is 17.4 Å². The largest absolute Gasteiger partial charge is 0.352 e. The minimum Gasteiger partial charge on any atom is -0.352 e. The number of aryl methyl sites for hydroxylation is 1. The second-order valence-corrected chi connectivity index (χ2v) is 4.62. The van der Waals surface area contributed by atoms with Crippen LogP contribution in [0.3, 0.4) is 0 Å². The Labute approximate surface area is 102 Å². The van der Waals surface area contributed by atoms with Crippen LogP contribution in [0.5, 0.6) is 0 Å². The number of aromatic nitrogens is 2. The molecule has 2 heterocycles. The Balaban J connectivity index is 2.21. The van der Waals surface area contributed by atoms with Crippen molar-refractivity contribution in [2.75, 3.05) is 17.3 Å². The predicted molar refractivity (Wildman–Crippen MR) is 67.1 cm³/mol. The van der Waals surface area contributed by atoms with Crippen LogP contribution in [0.2, 0.25) is 0 Å². The van der Waals surface area contributed by atoms with Crippen molar-refractivity contribution < 1.29 is 0 Å². The molecule has 1 aliphatic heterocycles. The molecule has 2 rings (SSSR count). The van der Waals surface area contributed by atoms with Crippen LogP contribution in [0.15, 0.2) is 12.3 Å². The lowest BCUT2D eigenvalue weighted by atomic mass is 10.1. The van der Waals surface area contributed by atoms with Gasteiger partial charge in [0.1, 0.15) is 11.6 Å². The molecule has 16 heavy (non-hydrogen) atoms. The van der Waals surface area contributed by atoms with Gasteiger partial charge in [0.2, 0.25) is 0 Å². The fourth-order valence-electron chi connectivity index (χ4n) is 2.24. The number of alkyl halides is 1. The molecule has 0 spiro atoms. The zero-order valence-corrected chi connectivity index (χ0v) is 10.5. The van der Waals surface area contributed by atoms with E-state index in [0.717, 1.165) is 18.2 Å². The maximum Gasteiger partial charge on any atom is 0.132 e. The van der Waals surface area contributed by atoms with Crippen molar-refractivity contribution in [3.05, 3.63) is 18.1 Å². The Bertz CT molecular complexity index is 343. The molecule has 0 aliphatic carbocycles. The number of nitrogens with zero attached hydrogens (tertiary/aromatic N) is 3. The van der Waals surface area contributed by atoms with Gasteiger partial charge in [0.05, 0.1) is 0 Å². The third-order valence-electron chi connectivity index (χ3n) is 3.11. The van der Waals surface area contributed by atoms with E-state index in [0.29, 0.717) is 11.9 Å². The van der Waals surface area contributed by atoms with Crippen LogP contribution in [0, 0.1) is 6.92 Å². The first kappa shape index (κ1) is 11.6. The molecule has 1 atom stereocenters. The van der Waals surface area contributed by atoms with Crippen LogP contribution >= 0.6 is 11.6 Å². The molecule has 4 heteroatoms. The lowest BCUT2D eigenvalue weighted by Crippen LogP contribution is -2.36. The molecule has 1 saturated heterocycles. The summed E-state index contributed by atoms with van der Waals surface area (Å²) in [4.78, 5) is 11.0. The zero-order valence-electron chi connectivity index (χ0n) is 9.69. The summed E-state index contributed by atoms with van der Waals surface area (Å²) in [6.07, 6.45) is 6.81. The van der Waals surface area contributed by atoms with Crippen LogP contribution in [0.1, 0.15) is 31.5 Å². The van der Waals surface area contributed by atoms with Gasteiger partial charge < -0.3 is 4.90 Å².